The van der Waals surface area contributed by atoms with E-state index < -0.39 is 11.9 Å². The minimum atomic E-state index is -1.01. The molecule has 0 aliphatic heterocycles. The van der Waals surface area contributed by atoms with E-state index in [2.05, 4.69) is 0 Å². The van der Waals surface area contributed by atoms with Crippen LogP contribution in [0.3, 0.4) is 0 Å². The van der Waals surface area contributed by atoms with E-state index in [1.807, 2.05) is 6.07 Å². The van der Waals surface area contributed by atoms with Crippen LogP contribution in [-0.4, -0.2) is 12.2 Å². The average molecular weight is 287 g/mol. The molecule has 0 bridgehead atoms. The quantitative estimate of drug-likeness (QED) is 0.934. The molecule has 2 rings (SSSR count). The number of nitrogens with zero attached hydrogens (tertiary/aromatic N) is 1. The molecule has 2 aromatic carbocycles. The van der Waals surface area contributed by atoms with Gasteiger partial charge in [-0.3, -0.25) is 0 Å². The predicted molar refractivity (Wildman–Crippen MR) is 74.8 cm³/mol. The monoisotopic (exact) mass is 287 g/mol. The average Bonchev–Trinajstić information content (AvgIpc) is 2.47. The van der Waals surface area contributed by atoms with Crippen molar-refractivity contribution in [3.05, 3.63) is 53.3 Å². The van der Waals surface area contributed by atoms with Gasteiger partial charge in [-0.05, 0) is 31.2 Å². The number of halogens is 1. The summed E-state index contributed by atoms with van der Waals surface area (Å²) in [5.74, 6) is 0.349. The van der Waals surface area contributed by atoms with Gasteiger partial charge in [0.15, 0.2) is 11.5 Å². The van der Waals surface area contributed by atoms with Crippen molar-refractivity contribution >= 4 is 0 Å². The fourth-order valence-electron chi connectivity index (χ4n) is 1.95. The Labute approximate surface area is 122 Å². The van der Waals surface area contributed by atoms with E-state index in [4.69, 9.17) is 14.7 Å². The molecule has 2 aromatic rings. The van der Waals surface area contributed by atoms with Crippen molar-refractivity contribution in [2.24, 2.45) is 0 Å². The smallest absolute Gasteiger partial charge is 0.169 e. The van der Waals surface area contributed by atoms with Gasteiger partial charge < -0.3 is 14.6 Å². The van der Waals surface area contributed by atoms with Crippen molar-refractivity contribution in [2.45, 2.75) is 13.0 Å². The number of hydrogen-bond acceptors (Lipinski definition) is 4. The van der Waals surface area contributed by atoms with E-state index in [0.29, 0.717) is 17.1 Å². The number of hydrogen-bond donors (Lipinski definition) is 1. The van der Waals surface area contributed by atoms with Gasteiger partial charge in [0, 0.05) is 6.07 Å². The Balaban J connectivity index is 2.44. The van der Waals surface area contributed by atoms with Crippen LogP contribution in [-0.2, 0) is 0 Å². The Morgan fingerprint density at radius 3 is 2.57 bits per heavy atom. The van der Waals surface area contributed by atoms with E-state index in [0.717, 1.165) is 0 Å². The van der Waals surface area contributed by atoms with E-state index in [1.54, 1.807) is 18.2 Å². The molecule has 0 aliphatic carbocycles. The lowest BCUT2D eigenvalue weighted by Gasteiger charge is -2.15. The molecule has 0 fully saturated rings. The third kappa shape index (κ3) is 3.12. The summed E-state index contributed by atoms with van der Waals surface area (Å²) < 4.78 is 24.6. The number of ether oxygens (including phenoxy) is 2. The Morgan fingerprint density at radius 2 is 1.95 bits per heavy atom. The lowest BCUT2D eigenvalue weighted by molar-refractivity contribution is 0.190. The second-order valence-electron chi connectivity index (χ2n) is 4.41. The number of aliphatic hydroxyl groups excluding tert-OH is 1. The largest absolute Gasteiger partial charge is 0.493 e. The summed E-state index contributed by atoms with van der Waals surface area (Å²) in [6, 6.07) is 11.0. The first-order chi connectivity index (χ1) is 10.1. The summed E-state index contributed by atoms with van der Waals surface area (Å²) in [4.78, 5) is 0. The highest BCUT2D eigenvalue weighted by molar-refractivity contribution is 5.49. The molecule has 0 saturated carbocycles. The van der Waals surface area contributed by atoms with Crippen LogP contribution in [0, 0.1) is 17.1 Å². The minimum absolute atomic E-state index is 0.0731. The summed E-state index contributed by atoms with van der Waals surface area (Å²) in [6.45, 7) is 1.46. The lowest BCUT2D eigenvalue weighted by atomic mass is 10.1. The van der Waals surface area contributed by atoms with Gasteiger partial charge in [-0.15, -0.1) is 0 Å². The molecule has 0 spiro atoms. The van der Waals surface area contributed by atoms with Crippen LogP contribution >= 0.6 is 0 Å². The SMILES string of the molecule is COc1cc(C#N)ccc1Oc1cccc(F)c1[C@@H](C)O. The van der Waals surface area contributed by atoms with Gasteiger partial charge in [0.2, 0.25) is 0 Å². The van der Waals surface area contributed by atoms with Crippen molar-refractivity contribution in [1.29, 1.82) is 5.26 Å². The Bertz CT molecular complexity index is 692. The molecule has 0 unspecified atom stereocenters. The van der Waals surface area contributed by atoms with E-state index >= 15 is 0 Å². The van der Waals surface area contributed by atoms with E-state index in [-0.39, 0.29) is 11.3 Å². The highest BCUT2D eigenvalue weighted by Gasteiger charge is 2.16. The summed E-state index contributed by atoms with van der Waals surface area (Å²) in [5.41, 5.74) is 0.498. The molecular formula is C16H14FNO3. The van der Waals surface area contributed by atoms with E-state index in [1.165, 1.54) is 32.2 Å². The Morgan fingerprint density at radius 1 is 1.19 bits per heavy atom. The van der Waals surface area contributed by atoms with Gasteiger partial charge in [0.25, 0.3) is 0 Å². The van der Waals surface area contributed by atoms with Crippen LogP contribution in [0.2, 0.25) is 0 Å². The maximum absolute atomic E-state index is 13.8. The number of nitriles is 1. The zero-order valence-corrected chi connectivity index (χ0v) is 11.6. The van der Waals surface area contributed by atoms with Crippen LogP contribution in [0.15, 0.2) is 36.4 Å². The summed E-state index contributed by atoms with van der Waals surface area (Å²) >= 11 is 0. The van der Waals surface area contributed by atoms with Gasteiger partial charge in [-0.2, -0.15) is 5.26 Å². The molecule has 0 heterocycles. The van der Waals surface area contributed by atoms with Crippen LogP contribution < -0.4 is 9.47 Å². The topological polar surface area (TPSA) is 62.5 Å². The Hall–Kier alpha value is -2.58. The molecule has 1 atom stereocenters. The molecule has 0 aromatic heterocycles. The van der Waals surface area contributed by atoms with Crippen molar-refractivity contribution < 1.29 is 19.0 Å². The van der Waals surface area contributed by atoms with Gasteiger partial charge in [0.1, 0.15) is 11.6 Å². The van der Waals surface area contributed by atoms with Crippen LogP contribution in [0.4, 0.5) is 4.39 Å². The molecule has 21 heavy (non-hydrogen) atoms. The maximum atomic E-state index is 13.8. The summed E-state index contributed by atoms with van der Waals surface area (Å²) in [5, 5.41) is 18.5. The Kier molecular flexibility index (Phi) is 4.41. The molecule has 0 aliphatic rings. The standard InChI is InChI=1S/C16H14FNO3/c1-10(19)16-12(17)4-3-5-14(16)21-13-7-6-11(9-18)8-15(13)20-2/h3-8,10,19H,1-2H3/t10-/m1/s1. The molecule has 0 amide bonds. The highest BCUT2D eigenvalue weighted by atomic mass is 19.1. The first kappa shape index (κ1) is 14.8. The van der Waals surface area contributed by atoms with Gasteiger partial charge in [0.05, 0.1) is 30.4 Å². The zero-order valence-electron chi connectivity index (χ0n) is 11.6. The second kappa shape index (κ2) is 6.25. The first-order valence-electron chi connectivity index (χ1n) is 6.29. The van der Waals surface area contributed by atoms with Crippen molar-refractivity contribution in [3.63, 3.8) is 0 Å². The third-order valence-corrected chi connectivity index (χ3v) is 2.94. The van der Waals surface area contributed by atoms with Gasteiger partial charge >= 0.3 is 0 Å². The third-order valence-electron chi connectivity index (χ3n) is 2.94. The fraction of sp³-hybridized carbons (Fsp3) is 0.188. The van der Waals surface area contributed by atoms with Crippen LogP contribution in [0.25, 0.3) is 0 Å². The van der Waals surface area contributed by atoms with Gasteiger partial charge in [-0.25, -0.2) is 4.39 Å². The molecule has 4 nitrogen and oxygen atoms in total. The summed E-state index contributed by atoms with van der Waals surface area (Å²) in [6.07, 6.45) is -1.01. The number of rotatable bonds is 4. The molecule has 1 N–H and O–H groups in total. The molecule has 0 saturated heterocycles. The van der Waals surface area contributed by atoms with Gasteiger partial charge in [-0.1, -0.05) is 6.07 Å². The highest BCUT2D eigenvalue weighted by Crippen LogP contribution is 2.36. The van der Waals surface area contributed by atoms with Crippen molar-refractivity contribution in [2.75, 3.05) is 7.11 Å². The zero-order chi connectivity index (χ0) is 15.4. The molecule has 0 radical (unpaired) electrons. The predicted octanol–water partition coefficient (Wildman–Crippen LogP) is 3.55. The van der Waals surface area contributed by atoms with E-state index in [9.17, 15) is 9.50 Å². The normalized spacial score (nSPS) is 11.6. The lowest BCUT2D eigenvalue weighted by Crippen LogP contribution is -2.00. The number of benzene rings is 2. The van der Waals surface area contributed by atoms with Crippen molar-refractivity contribution in [1.82, 2.24) is 0 Å². The summed E-state index contributed by atoms with van der Waals surface area (Å²) in [7, 11) is 1.45. The fourth-order valence-corrected chi connectivity index (χ4v) is 1.95. The molecule has 5 heteroatoms. The van der Waals surface area contributed by atoms with Crippen molar-refractivity contribution in [3.8, 4) is 23.3 Å². The van der Waals surface area contributed by atoms with Crippen LogP contribution in [0.1, 0.15) is 24.2 Å². The molecule has 108 valence electrons. The molecular weight excluding hydrogens is 273 g/mol. The van der Waals surface area contributed by atoms with Crippen LogP contribution in [0.5, 0.6) is 17.2 Å². The number of methoxy groups -OCH3 is 1. The minimum Gasteiger partial charge on any atom is -0.493 e. The number of aliphatic hydroxyl groups is 1. The second-order valence-corrected chi connectivity index (χ2v) is 4.41. The first-order valence-corrected chi connectivity index (χ1v) is 6.29. The maximum Gasteiger partial charge on any atom is 0.169 e.